The van der Waals surface area contributed by atoms with E-state index >= 15 is 0 Å². The molecule has 1 aliphatic heterocycles. The summed E-state index contributed by atoms with van der Waals surface area (Å²) in [6.07, 6.45) is 3.41. The van der Waals surface area contributed by atoms with Gasteiger partial charge in [-0.1, -0.05) is 12.1 Å². The number of hydrogen-bond acceptors (Lipinski definition) is 7. The van der Waals surface area contributed by atoms with Crippen molar-refractivity contribution < 1.29 is 19.4 Å². The van der Waals surface area contributed by atoms with Crippen LogP contribution in [0.1, 0.15) is 12.5 Å². The number of nitrogens with zero attached hydrogens (tertiary/aromatic N) is 3. The maximum atomic E-state index is 12.6. The fourth-order valence-electron chi connectivity index (χ4n) is 2.21. The second-order valence-electron chi connectivity index (χ2n) is 5.12. The smallest absolute Gasteiger partial charge is 0.341 e. The molecular weight excluding hydrogens is 374 g/mol. The molecule has 2 heterocycles. The summed E-state index contributed by atoms with van der Waals surface area (Å²) in [6.45, 7) is 1.98. The van der Waals surface area contributed by atoms with Crippen LogP contribution in [0.3, 0.4) is 0 Å². The lowest BCUT2D eigenvalue weighted by Crippen LogP contribution is -2.28. The first-order valence-electron chi connectivity index (χ1n) is 7.71. The van der Waals surface area contributed by atoms with E-state index in [1.165, 1.54) is 23.1 Å². The molecule has 1 N–H and O–H groups in total. The van der Waals surface area contributed by atoms with Crippen LogP contribution in [0.2, 0.25) is 0 Å². The minimum atomic E-state index is -1.04. The largest absolute Gasteiger partial charge is 0.482 e. The van der Waals surface area contributed by atoms with E-state index in [9.17, 15) is 9.59 Å². The zero-order valence-corrected chi connectivity index (χ0v) is 15.4. The maximum Gasteiger partial charge on any atom is 0.341 e. The van der Waals surface area contributed by atoms with Crippen molar-refractivity contribution >= 4 is 51.4 Å². The van der Waals surface area contributed by atoms with E-state index in [2.05, 4.69) is 9.98 Å². The van der Waals surface area contributed by atoms with E-state index < -0.39 is 12.6 Å². The average Bonchev–Trinajstić information content (AvgIpc) is 3.22. The molecule has 1 fully saturated rings. The Kier molecular flexibility index (Phi) is 5.69. The summed E-state index contributed by atoms with van der Waals surface area (Å²) in [5.74, 6) is -0.734. The number of benzene rings is 1. The van der Waals surface area contributed by atoms with E-state index in [-0.39, 0.29) is 5.91 Å². The van der Waals surface area contributed by atoms with Crippen molar-refractivity contribution in [2.75, 3.05) is 13.2 Å². The van der Waals surface area contributed by atoms with Crippen LogP contribution >= 0.6 is 23.1 Å². The molecule has 1 aromatic carbocycles. The number of hydrogen-bond donors (Lipinski definition) is 1. The van der Waals surface area contributed by atoms with Gasteiger partial charge in [-0.2, -0.15) is 4.99 Å². The van der Waals surface area contributed by atoms with Gasteiger partial charge in [0.15, 0.2) is 11.8 Å². The number of ether oxygens (including phenoxy) is 1. The van der Waals surface area contributed by atoms with Crippen LogP contribution in [0, 0.1) is 0 Å². The first-order chi connectivity index (χ1) is 12.6. The fraction of sp³-hybridized carbons (Fsp3) is 0.176. The lowest BCUT2D eigenvalue weighted by molar-refractivity contribution is -0.139. The molecule has 7 nitrogen and oxygen atoms in total. The molecule has 1 saturated heterocycles. The highest BCUT2D eigenvalue weighted by Gasteiger charge is 2.32. The van der Waals surface area contributed by atoms with Crippen LogP contribution in [0.5, 0.6) is 5.75 Å². The molecule has 1 aliphatic rings. The number of aliphatic imine (C=N–C) groups is 1. The predicted molar refractivity (Wildman–Crippen MR) is 102 cm³/mol. The summed E-state index contributed by atoms with van der Waals surface area (Å²) in [5.41, 5.74) is 0.746. The Hall–Kier alpha value is -2.65. The van der Waals surface area contributed by atoms with Gasteiger partial charge in [-0.25, -0.2) is 9.78 Å². The molecule has 0 aliphatic carbocycles. The Balaban J connectivity index is 1.83. The molecule has 134 valence electrons. The lowest BCUT2D eigenvalue weighted by atomic mass is 10.2. The first-order valence-corrected chi connectivity index (χ1v) is 9.40. The van der Waals surface area contributed by atoms with Gasteiger partial charge >= 0.3 is 5.97 Å². The molecule has 9 heteroatoms. The number of amidine groups is 1. The number of thioether (sulfide) groups is 1. The Morgan fingerprint density at radius 3 is 3.00 bits per heavy atom. The van der Waals surface area contributed by atoms with Gasteiger partial charge in [0.2, 0.25) is 5.13 Å². The highest BCUT2D eigenvalue weighted by Crippen LogP contribution is 2.34. The second kappa shape index (κ2) is 8.15. The monoisotopic (exact) mass is 389 g/mol. The number of aromatic nitrogens is 1. The predicted octanol–water partition coefficient (Wildman–Crippen LogP) is 3.23. The second-order valence-corrected chi connectivity index (χ2v) is 7.01. The van der Waals surface area contributed by atoms with Crippen LogP contribution in [0.4, 0.5) is 5.13 Å². The minimum Gasteiger partial charge on any atom is -0.482 e. The van der Waals surface area contributed by atoms with E-state index in [1.807, 2.05) is 18.4 Å². The van der Waals surface area contributed by atoms with Crippen molar-refractivity contribution in [2.45, 2.75) is 6.92 Å². The number of carboxylic acid groups (broad SMARTS) is 1. The van der Waals surface area contributed by atoms with Crippen LogP contribution in [0.25, 0.3) is 6.08 Å². The third kappa shape index (κ3) is 4.30. The van der Waals surface area contributed by atoms with E-state index in [0.717, 1.165) is 5.56 Å². The highest BCUT2D eigenvalue weighted by atomic mass is 32.2. The minimum absolute atomic E-state index is 0.121. The molecule has 0 atom stereocenters. The first kappa shape index (κ1) is 18.2. The van der Waals surface area contributed by atoms with Crippen molar-refractivity contribution in [1.82, 2.24) is 9.88 Å². The summed E-state index contributed by atoms with van der Waals surface area (Å²) in [5, 5.41) is 11.7. The van der Waals surface area contributed by atoms with Crippen molar-refractivity contribution in [1.29, 1.82) is 0 Å². The summed E-state index contributed by atoms with van der Waals surface area (Å²) in [6, 6.07) is 6.93. The SMILES string of the molecule is CCN1C(=O)/C(=C\c2cccc(OCC(=O)O)c2)S/C1=N/c1nccs1. The molecule has 0 radical (unpaired) electrons. The van der Waals surface area contributed by atoms with Gasteiger partial charge in [-0.15, -0.1) is 11.3 Å². The zero-order chi connectivity index (χ0) is 18.5. The number of likely N-dealkylation sites (N-methyl/N-ethyl adjacent to an activating group) is 1. The highest BCUT2D eigenvalue weighted by molar-refractivity contribution is 8.18. The number of thiazole rings is 1. The van der Waals surface area contributed by atoms with Gasteiger partial charge in [-0.3, -0.25) is 9.69 Å². The van der Waals surface area contributed by atoms with Crippen LogP contribution in [-0.2, 0) is 9.59 Å². The quantitative estimate of drug-likeness (QED) is 0.763. The van der Waals surface area contributed by atoms with Crippen molar-refractivity contribution in [2.24, 2.45) is 4.99 Å². The van der Waals surface area contributed by atoms with Crippen LogP contribution in [0.15, 0.2) is 45.7 Å². The van der Waals surface area contributed by atoms with Gasteiger partial charge in [0, 0.05) is 18.1 Å². The molecule has 26 heavy (non-hydrogen) atoms. The third-order valence-electron chi connectivity index (χ3n) is 3.33. The maximum absolute atomic E-state index is 12.6. The van der Waals surface area contributed by atoms with Crippen molar-refractivity contribution in [3.8, 4) is 5.75 Å². The number of rotatable bonds is 6. The number of carboxylic acids is 1. The Morgan fingerprint density at radius 1 is 1.46 bits per heavy atom. The summed E-state index contributed by atoms with van der Waals surface area (Å²) in [4.78, 5) is 33.9. The summed E-state index contributed by atoms with van der Waals surface area (Å²) in [7, 11) is 0. The normalized spacial score (nSPS) is 17.3. The van der Waals surface area contributed by atoms with Gasteiger partial charge in [-0.05, 0) is 42.5 Å². The molecule has 0 unspecified atom stereocenters. The Labute approximate surface area is 158 Å². The van der Waals surface area contributed by atoms with Crippen molar-refractivity contribution in [3.05, 3.63) is 46.3 Å². The van der Waals surface area contributed by atoms with E-state index in [4.69, 9.17) is 9.84 Å². The Morgan fingerprint density at radius 2 is 2.31 bits per heavy atom. The van der Waals surface area contributed by atoms with Crippen LogP contribution in [-0.4, -0.2) is 45.2 Å². The van der Waals surface area contributed by atoms with E-state index in [1.54, 1.807) is 35.4 Å². The number of carbonyl (C=O) groups is 2. The lowest BCUT2D eigenvalue weighted by Gasteiger charge is -2.11. The third-order valence-corrected chi connectivity index (χ3v) is 5.00. The number of amides is 1. The van der Waals surface area contributed by atoms with Gasteiger partial charge in [0.1, 0.15) is 5.75 Å². The molecule has 3 rings (SSSR count). The average molecular weight is 389 g/mol. The molecule has 0 bridgehead atoms. The van der Waals surface area contributed by atoms with E-state index in [0.29, 0.717) is 27.5 Å². The van der Waals surface area contributed by atoms with Gasteiger partial charge < -0.3 is 9.84 Å². The number of carbonyl (C=O) groups excluding carboxylic acids is 1. The van der Waals surface area contributed by atoms with Gasteiger partial charge in [0.05, 0.1) is 4.91 Å². The van der Waals surface area contributed by atoms with Crippen LogP contribution < -0.4 is 4.74 Å². The molecule has 0 saturated carbocycles. The molecular formula is C17H15N3O4S2. The zero-order valence-electron chi connectivity index (χ0n) is 13.8. The fourth-order valence-corrected chi connectivity index (χ4v) is 3.82. The standard InChI is InChI=1S/C17H15N3O4S2/c1-2-20-15(23)13(26-17(20)19-16-18-6-7-25-16)9-11-4-3-5-12(8-11)24-10-14(21)22/h3-9H,2,10H2,1H3,(H,21,22)/b13-9+,19-17+. The summed E-state index contributed by atoms with van der Waals surface area (Å²) < 4.78 is 5.17. The summed E-state index contributed by atoms with van der Waals surface area (Å²) >= 11 is 2.69. The van der Waals surface area contributed by atoms with Gasteiger partial charge in [0.25, 0.3) is 5.91 Å². The Bertz CT molecular complexity index is 878. The van der Waals surface area contributed by atoms with Crippen molar-refractivity contribution in [3.63, 3.8) is 0 Å². The molecule has 1 aromatic heterocycles. The number of aliphatic carboxylic acids is 1. The molecule has 2 aromatic rings. The topological polar surface area (TPSA) is 92.1 Å². The molecule has 0 spiro atoms. The molecule has 1 amide bonds.